The minimum Gasteiger partial charge on any atom is -0.494 e. The van der Waals surface area contributed by atoms with Crippen molar-refractivity contribution in [2.45, 2.75) is 19.8 Å². The molecule has 1 aliphatic heterocycles. The van der Waals surface area contributed by atoms with E-state index >= 15 is 0 Å². The molecule has 0 aromatic heterocycles. The number of ether oxygens (including phenoxy) is 2. The number of fused-ring (bicyclic) bond motifs is 1. The normalized spacial score (nSPS) is 13.4. The fourth-order valence-electron chi connectivity index (χ4n) is 2.70. The second-order valence-electron chi connectivity index (χ2n) is 5.76. The lowest BCUT2D eigenvalue weighted by Gasteiger charge is -2.29. The number of nitrogens with zero attached hydrogens (tertiary/aromatic N) is 1. The van der Waals surface area contributed by atoms with E-state index in [1.165, 1.54) is 5.56 Å². The lowest BCUT2D eigenvalue weighted by Crippen LogP contribution is -2.39. The van der Waals surface area contributed by atoms with Crippen molar-refractivity contribution in [3.8, 4) is 11.5 Å². The fraction of sp³-hybridized carbons (Fsp3) is 0.316. The predicted octanol–water partition coefficient (Wildman–Crippen LogP) is 3.03. The van der Waals surface area contributed by atoms with Crippen LogP contribution in [0.3, 0.4) is 0 Å². The molecule has 2 aromatic rings. The fourth-order valence-corrected chi connectivity index (χ4v) is 2.70. The first-order chi connectivity index (χ1) is 11.7. The van der Waals surface area contributed by atoms with Crippen molar-refractivity contribution in [3.05, 3.63) is 48.0 Å². The van der Waals surface area contributed by atoms with Gasteiger partial charge >= 0.3 is 0 Å². The minimum atomic E-state index is -0.0421. The number of benzene rings is 2. The van der Waals surface area contributed by atoms with Crippen LogP contribution >= 0.6 is 0 Å². The number of carbonyl (C=O) groups excluding carboxylic acids is 1. The van der Waals surface area contributed by atoms with E-state index in [9.17, 15) is 4.79 Å². The van der Waals surface area contributed by atoms with E-state index in [2.05, 4.69) is 19.1 Å². The number of nitrogen functional groups attached to an aromatic ring is 1. The molecule has 1 amide bonds. The van der Waals surface area contributed by atoms with E-state index in [1.54, 1.807) is 17.0 Å². The quantitative estimate of drug-likeness (QED) is 0.654. The molecular weight excluding hydrogens is 304 g/mol. The summed E-state index contributed by atoms with van der Waals surface area (Å²) in [5.74, 6) is 1.47. The Morgan fingerprint density at radius 1 is 1.21 bits per heavy atom. The molecule has 0 saturated heterocycles. The van der Waals surface area contributed by atoms with Gasteiger partial charge in [0.05, 0.1) is 12.3 Å². The van der Waals surface area contributed by atoms with Crippen molar-refractivity contribution >= 4 is 17.3 Å². The summed E-state index contributed by atoms with van der Waals surface area (Å²) in [6.45, 7) is 3.32. The first kappa shape index (κ1) is 16.2. The van der Waals surface area contributed by atoms with E-state index in [0.29, 0.717) is 24.6 Å². The summed E-state index contributed by atoms with van der Waals surface area (Å²) in [5, 5.41) is 0. The number of amides is 1. The molecule has 2 aromatic carbocycles. The van der Waals surface area contributed by atoms with Crippen LogP contribution in [0.15, 0.2) is 42.5 Å². The molecule has 24 heavy (non-hydrogen) atoms. The Balaban J connectivity index is 1.55. The Morgan fingerprint density at radius 3 is 2.75 bits per heavy atom. The summed E-state index contributed by atoms with van der Waals surface area (Å²) < 4.78 is 11.2. The Kier molecular flexibility index (Phi) is 4.89. The van der Waals surface area contributed by atoms with E-state index < -0.39 is 0 Å². The van der Waals surface area contributed by atoms with Gasteiger partial charge in [-0.25, -0.2) is 0 Å². The van der Waals surface area contributed by atoms with Gasteiger partial charge in [0.15, 0.2) is 6.61 Å². The summed E-state index contributed by atoms with van der Waals surface area (Å²) in [4.78, 5) is 13.8. The van der Waals surface area contributed by atoms with Gasteiger partial charge in [-0.05, 0) is 42.7 Å². The maximum absolute atomic E-state index is 12.1. The molecule has 126 valence electrons. The molecule has 0 atom stereocenters. The SMILES string of the molecule is CCc1ccc(OCCCN2C(=O)COc3cc(N)ccc32)cc1. The number of anilines is 2. The van der Waals surface area contributed by atoms with Crippen LogP contribution in [0.25, 0.3) is 0 Å². The molecule has 0 aliphatic carbocycles. The molecule has 1 aliphatic rings. The molecule has 0 radical (unpaired) electrons. The van der Waals surface area contributed by atoms with Crippen LogP contribution in [0, 0.1) is 0 Å². The summed E-state index contributed by atoms with van der Waals surface area (Å²) in [5.41, 5.74) is 8.45. The van der Waals surface area contributed by atoms with Gasteiger partial charge in [-0.3, -0.25) is 4.79 Å². The molecule has 0 bridgehead atoms. The highest BCUT2D eigenvalue weighted by Crippen LogP contribution is 2.33. The largest absolute Gasteiger partial charge is 0.494 e. The summed E-state index contributed by atoms with van der Waals surface area (Å²) >= 11 is 0. The van der Waals surface area contributed by atoms with Crippen molar-refractivity contribution in [1.29, 1.82) is 0 Å². The van der Waals surface area contributed by atoms with Gasteiger partial charge in [0, 0.05) is 18.3 Å². The summed E-state index contributed by atoms with van der Waals surface area (Å²) in [7, 11) is 0. The summed E-state index contributed by atoms with van der Waals surface area (Å²) in [6.07, 6.45) is 1.76. The van der Waals surface area contributed by atoms with Crippen molar-refractivity contribution in [2.75, 3.05) is 30.4 Å². The molecule has 0 unspecified atom stereocenters. The monoisotopic (exact) mass is 326 g/mol. The highest BCUT2D eigenvalue weighted by atomic mass is 16.5. The lowest BCUT2D eigenvalue weighted by molar-refractivity contribution is -0.121. The minimum absolute atomic E-state index is 0.0421. The highest BCUT2D eigenvalue weighted by molar-refractivity contribution is 5.98. The molecule has 0 fully saturated rings. The van der Waals surface area contributed by atoms with E-state index in [0.717, 1.165) is 24.3 Å². The van der Waals surface area contributed by atoms with E-state index in [1.807, 2.05) is 18.2 Å². The first-order valence-corrected chi connectivity index (χ1v) is 8.22. The molecule has 0 saturated carbocycles. The van der Waals surface area contributed by atoms with Gasteiger partial charge < -0.3 is 20.1 Å². The average Bonchev–Trinajstić information content (AvgIpc) is 2.60. The molecule has 2 N–H and O–H groups in total. The Hall–Kier alpha value is -2.69. The average molecular weight is 326 g/mol. The number of aryl methyl sites for hydroxylation is 1. The van der Waals surface area contributed by atoms with Gasteiger partial charge in [-0.1, -0.05) is 19.1 Å². The van der Waals surface area contributed by atoms with Crippen LogP contribution in [0.2, 0.25) is 0 Å². The van der Waals surface area contributed by atoms with Gasteiger partial charge in [0.25, 0.3) is 5.91 Å². The van der Waals surface area contributed by atoms with Crippen LogP contribution in [0.5, 0.6) is 11.5 Å². The molecule has 1 heterocycles. The molecule has 0 spiro atoms. The van der Waals surface area contributed by atoms with Crippen molar-refractivity contribution in [3.63, 3.8) is 0 Å². The Bertz CT molecular complexity index is 713. The smallest absolute Gasteiger partial charge is 0.265 e. The lowest BCUT2D eigenvalue weighted by atomic mass is 10.2. The standard InChI is InChI=1S/C19H22N2O3/c1-2-14-4-7-16(8-5-14)23-11-3-10-21-17-9-6-15(20)12-18(17)24-13-19(21)22/h4-9,12H,2-3,10-11,13,20H2,1H3. The van der Waals surface area contributed by atoms with Crippen molar-refractivity contribution in [1.82, 2.24) is 0 Å². The second-order valence-corrected chi connectivity index (χ2v) is 5.76. The summed E-state index contributed by atoms with van der Waals surface area (Å²) in [6, 6.07) is 13.5. The first-order valence-electron chi connectivity index (χ1n) is 8.22. The zero-order chi connectivity index (χ0) is 16.9. The molecular formula is C19H22N2O3. The maximum atomic E-state index is 12.1. The third-order valence-electron chi connectivity index (χ3n) is 4.05. The Labute approximate surface area is 142 Å². The molecule has 5 heteroatoms. The van der Waals surface area contributed by atoms with E-state index in [-0.39, 0.29) is 12.5 Å². The van der Waals surface area contributed by atoms with Crippen LogP contribution in [-0.2, 0) is 11.2 Å². The second kappa shape index (κ2) is 7.25. The van der Waals surface area contributed by atoms with Crippen LogP contribution < -0.4 is 20.1 Å². The maximum Gasteiger partial charge on any atom is 0.265 e. The molecule has 5 nitrogen and oxygen atoms in total. The number of hydrogen-bond acceptors (Lipinski definition) is 4. The van der Waals surface area contributed by atoms with Crippen LogP contribution in [0.1, 0.15) is 18.9 Å². The van der Waals surface area contributed by atoms with Gasteiger partial charge in [-0.2, -0.15) is 0 Å². The van der Waals surface area contributed by atoms with E-state index in [4.69, 9.17) is 15.2 Å². The number of carbonyl (C=O) groups is 1. The number of nitrogens with two attached hydrogens (primary N) is 1. The number of rotatable bonds is 6. The van der Waals surface area contributed by atoms with Crippen molar-refractivity contribution in [2.24, 2.45) is 0 Å². The third-order valence-corrected chi connectivity index (χ3v) is 4.05. The highest BCUT2D eigenvalue weighted by Gasteiger charge is 2.25. The zero-order valence-electron chi connectivity index (χ0n) is 13.8. The zero-order valence-corrected chi connectivity index (χ0v) is 13.8. The van der Waals surface area contributed by atoms with Gasteiger partial charge in [-0.15, -0.1) is 0 Å². The number of hydrogen-bond donors (Lipinski definition) is 1. The Morgan fingerprint density at radius 2 is 2.00 bits per heavy atom. The van der Waals surface area contributed by atoms with Crippen LogP contribution in [0.4, 0.5) is 11.4 Å². The third kappa shape index (κ3) is 3.62. The van der Waals surface area contributed by atoms with Crippen molar-refractivity contribution < 1.29 is 14.3 Å². The van der Waals surface area contributed by atoms with Gasteiger partial charge in [0.1, 0.15) is 11.5 Å². The molecule has 3 rings (SSSR count). The van der Waals surface area contributed by atoms with Crippen LogP contribution in [-0.4, -0.2) is 25.7 Å². The topological polar surface area (TPSA) is 64.8 Å². The van der Waals surface area contributed by atoms with Gasteiger partial charge in [0.2, 0.25) is 0 Å². The predicted molar refractivity (Wildman–Crippen MR) is 94.6 cm³/mol.